The number of nitrogens with one attached hydrogen (secondary N) is 1. The maximum absolute atomic E-state index is 5.35. The quantitative estimate of drug-likeness (QED) is 0.832. The third kappa shape index (κ3) is 3.92. The van der Waals surface area contributed by atoms with Gasteiger partial charge >= 0.3 is 0 Å². The van der Waals surface area contributed by atoms with Crippen molar-refractivity contribution in [3.05, 3.63) is 58.3 Å². The van der Waals surface area contributed by atoms with Gasteiger partial charge in [0.25, 0.3) is 0 Å². The number of benzene rings is 1. The van der Waals surface area contributed by atoms with Crippen LogP contribution in [-0.2, 0) is 10.2 Å². The first kappa shape index (κ1) is 15.2. The number of hydrogen-bond acceptors (Lipinski definition) is 3. The van der Waals surface area contributed by atoms with Crippen molar-refractivity contribution in [1.29, 1.82) is 0 Å². The molecule has 1 unspecified atom stereocenters. The van der Waals surface area contributed by atoms with Gasteiger partial charge in [-0.1, -0.05) is 50.2 Å². The predicted molar refractivity (Wildman–Crippen MR) is 86.4 cm³/mol. The first-order valence-corrected chi connectivity index (χ1v) is 7.83. The second-order valence-electron chi connectivity index (χ2n) is 5.66. The number of thiophene rings is 1. The molecule has 20 heavy (non-hydrogen) atoms. The Bertz CT molecular complexity index is 493. The molecule has 0 aliphatic heterocycles. The van der Waals surface area contributed by atoms with Gasteiger partial charge in [0.05, 0.1) is 12.6 Å². The van der Waals surface area contributed by atoms with Crippen molar-refractivity contribution in [3.8, 4) is 0 Å². The summed E-state index contributed by atoms with van der Waals surface area (Å²) in [6.07, 6.45) is 0. The van der Waals surface area contributed by atoms with Crippen LogP contribution in [0.2, 0.25) is 0 Å². The molecule has 1 aromatic carbocycles. The largest absolute Gasteiger partial charge is 0.383 e. The zero-order chi connectivity index (χ0) is 14.4. The topological polar surface area (TPSA) is 21.3 Å². The lowest BCUT2D eigenvalue weighted by molar-refractivity contribution is 0.164. The van der Waals surface area contributed by atoms with Gasteiger partial charge in [-0.3, -0.25) is 0 Å². The highest BCUT2D eigenvalue weighted by Gasteiger charge is 2.23. The van der Waals surface area contributed by atoms with Crippen molar-refractivity contribution in [2.24, 2.45) is 0 Å². The van der Waals surface area contributed by atoms with Gasteiger partial charge in [0, 0.05) is 23.9 Å². The van der Waals surface area contributed by atoms with Gasteiger partial charge in [-0.2, -0.15) is 0 Å². The summed E-state index contributed by atoms with van der Waals surface area (Å²) in [6, 6.07) is 15.0. The molecule has 0 saturated heterocycles. The van der Waals surface area contributed by atoms with E-state index in [0.29, 0.717) is 6.61 Å². The molecule has 0 aliphatic carbocycles. The summed E-state index contributed by atoms with van der Waals surface area (Å²) in [5.74, 6) is 0. The molecule has 2 rings (SSSR count). The van der Waals surface area contributed by atoms with Crippen LogP contribution in [-0.4, -0.2) is 20.3 Å². The van der Waals surface area contributed by atoms with Crippen molar-refractivity contribution >= 4 is 11.3 Å². The zero-order valence-corrected chi connectivity index (χ0v) is 13.2. The molecule has 1 atom stereocenters. The Labute approximate surface area is 125 Å². The SMILES string of the molecule is COCC(NCC(C)(C)c1cccs1)c1ccccc1. The summed E-state index contributed by atoms with van der Waals surface area (Å²) in [5.41, 5.74) is 1.41. The van der Waals surface area contributed by atoms with Crippen LogP contribution in [0.3, 0.4) is 0 Å². The van der Waals surface area contributed by atoms with Gasteiger partial charge in [0.15, 0.2) is 0 Å². The third-order valence-electron chi connectivity index (χ3n) is 3.51. The highest BCUT2D eigenvalue weighted by molar-refractivity contribution is 7.10. The second-order valence-corrected chi connectivity index (χ2v) is 6.61. The average molecular weight is 289 g/mol. The Morgan fingerprint density at radius 3 is 2.50 bits per heavy atom. The van der Waals surface area contributed by atoms with Gasteiger partial charge < -0.3 is 10.1 Å². The van der Waals surface area contributed by atoms with Gasteiger partial charge in [-0.05, 0) is 17.0 Å². The summed E-state index contributed by atoms with van der Waals surface area (Å²) in [5, 5.41) is 5.79. The zero-order valence-electron chi connectivity index (χ0n) is 12.4. The Balaban J connectivity index is 2.03. The highest BCUT2D eigenvalue weighted by Crippen LogP contribution is 2.27. The fourth-order valence-corrected chi connectivity index (χ4v) is 3.11. The van der Waals surface area contributed by atoms with E-state index >= 15 is 0 Å². The molecule has 0 fully saturated rings. The highest BCUT2D eigenvalue weighted by atomic mass is 32.1. The minimum Gasteiger partial charge on any atom is -0.383 e. The molecule has 1 aromatic heterocycles. The number of rotatable bonds is 7. The molecule has 0 bridgehead atoms. The molecule has 2 nitrogen and oxygen atoms in total. The summed E-state index contributed by atoms with van der Waals surface area (Å²) in [4.78, 5) is 1.41. The van der Waals surface area contributed by atoms with E-state index in [0.717, 1.165) is 6.54 Å². The fraction of sp³-hybridized carbons (Fsp3) is 0.412. The summed E-state index contributed by atoms with van der Waals surface area (Å²) in [7, 11) is 1.75. The minimum atomic E-state index is 0.134. The van der Waals surface area contributed by atoms with E-state index in [1.54, 1.807) is 7.11 Å². The number of hydrogen-bond donors (Lipinski definition) is 1. The van der Waals surface area contributed by atoms with Crippen LogP contribution < -0.4 is 5.32 Å². The molecule has 0 saturated carbocycles. The molecule has 0 spiro atoms. The van der Waals surface area contributed by atoms with E-state index in [1.165, 1.54) is 10.4 Å². The van der Waals surface area contributed by atoms with Gasteiger partial charge in [0.2, 0.25) is 0 Å². The molecular formula is C17H23NOS. The van der Waals surface area contributed by atoms with Crippen LogP contribution in [0.1, 0.15) is 30.3 Å². The van der Waals surface area contributed by atoms with E-state index in [-0.39, 0.29) is 11.5 Å². The van der Waals surface area contributed by atoms with Crippen molar-refractivity contribution in [2.45, 2.75) is 25.3 Å². The lowest BCUT2D eigenvalue weighted by Crippen LogP contribution is -2.36. The van der Waals surface area contributed by atoms with E-state index in [4.69, 9.17) is 4.74 Å². The predicted octanol–water partition coefficient (Wildman–Crippen LogP) is 4.00. The summed E-state index contributed by atoms with van der Waals surface area (Å²) >= 11 is 1.82. The van der Waals surface area contributed by atoms with Crippen molar-refractivity contribution in [2.75, 3.05) is 20.3 Å². The molecule has 0 amide bonds. The molecular weight excluding hydrogens is 266 g/mol. The van der Waals surface area contributed by atoms with Crippen molar-refractivity contribution < 1.29 is 4.74 Å². The maximum Gasteiger partial charge on any atom is 0.0657 e. The molecule has 0 aliphatic rings. The summed E-state index contributed by atoms with van der Waals surface area (Å²) < 4.78 is 5.35. The summed E-state index contributed by atoms with van der Waals surface area (Å²) in [6.45, 7) is 6.17. The van der Waals surface area contributed by atoms with Crippen LogP contribution in [0.25, 0.3) is 0 Å². The van der Waals surface area contributed by atoms with E-state index in [1.807, 2.05) is 17.4 Å². The normalized spacial score (nSPS) is 13.3. The molecule has 1 heterocycles. The first-order valence-electron chi connectivity index (χ1n) is 6.95. The fourth-order valence-electron chi connectivity index (χ4n) is 2.25. The van der Waals surface area contributed by atoms with Crippen LogP contribution >= 0.6 is 11.3 Å². The van der Waals surface area contributed by atoms with Crippen LogP contribution in [0.4, 0.5) is 0 Å². The van der Waals surface area contributed by atoms with Crippen molar-refractivity contribution in [3.63, 3.8) is 0 Å². The van der Waals surface area contributed by atoms with Gasteiger partial charge in [0.1, 0.15) is 0 Å². The number of methoxy groups -OCH3 is 1. The third-order valence-corrected chi connectivity index (χ3v) is 4.75. The van der Waals surface area contributed by atoms with Gasteiger partial charge in [-0.25, -0.2) is 0 Å². The van der Waals surface area contributed by atoms with Crippen molar-refractivity contribution in [1.82, 2.24) is 5.32 Å². The molecule has 1 N–H and O–H groups in total. The van der Waals surface area contributed by atoms with Gasteiger partial charge in [-0.15, -0.1) is 11.3 Å². The van der Waals surface area contributed by atoms with E-state index in [9.17, 15) is 0 Å². The van der Waals surface area contributed by atoms with Crippen LogP contribution in [0.5, 0.6) is 0 Å². The molecule has 0 radical (unpaired) electrons. The Morgan fingerprint density at radius 2 is 1.90 bits per heavy atom. The molecule has 108 valence electrons. The van der Waals surface area contributed by atoms with Crippen LogP contribution in [0, 0.1) is 0 Å². The molecule has 2 aromatic rings. The van der Waals surface area contributed by atoms with E-state index < -0.39 is 0 Å². The Kier molecular flexibility index (Phi) is 5.35. The standard InChI is InChI=1S/C17H23NOS/c1-17(2,16-10-7-11-20-16)13-18-15(12-19-3)14-8-5-4-6-9-14/h4-11,15,18H,12-13H2,1-3H3. The lowest BCUT2D eigenvalue weighted by Gasteiger charge is -2.27. The Hall–Kier alpha value is -1.16. The second kappa shape index (κ2) is 7.02. The maximum atomic E-state index is 5.35. The number of ether oxygens (including phenoxy) is 1. The van der Waals surface area contributed by atoms with E-state index in [2.05, 4.69) is 60.9 Å². The monoisotopic (exact) mass is 289 g/mol. The average Bonchev–Trinajstić information content (AvgIpc) is 2.99. The lowest BCUT2D eigenvalue weighted by atomic mass is 9.91. The smallest absolute Gasteiger partial charge is 0.0657 e. The molecule has 3 heteroatoms. The van der Waals surface area contributed by atoms with Crippen LogP contribution in [0.15, 0.2) is 47.8 Å². The Morgan fingerprint density at radius 1 is 1.15 bits per heavy atom. The minimum absolute atomic E-state index is 0.134. The first-order chi connectivity index (χ1) is 9.63.